The molecule has 8 heteroatoms. The molecule has 3 rings (SSSR count). The Morgan fingerprint density at radius 2 is 1.79 bits per heavy atom. The summed E-state index contributed by atoms with van der Waals surface area (Å²) in [5.74, 6) is -2.06. The molecule has 0 spiro atoms. The van der Waals surface area contributed by atoms with Crippen molar-refractivity contribution in [3.63, 3.8) is 0 Å². The maximum absolute atomic E-state index is 13.9. The molecule has 33 heavy (non-hydrogen) atoms. The first-order chi connectivity index (χ1) is 15.8. The molecule has 1 fully saturated rings. The number of nitrogens with one attached hydrogen (secondary N) is 1. The van der Waals surface area contributed by atoms with Crippen LogP contribution in [-0.2, 0) is 25.7 Å². The van der Waals surface area contributed by atoms with Crippen molar-refractivity contribution in [2.75, 3.05) is 32.1 Å². The molecule has 1 aliphatic rings. The molecule has 1 aliphatic heterocycles. The lowest BCUT2D eigenvalue weighted by molar-refractivity contribution is -0.922. The molecule has 0 aliphatic carbocycles. The van der Waals surface area contributed by atoms with Crippen molar-refractivity contribution in [3.8, 4) is 0 Å². The Morgan fingerprint density at radius 1 is 1.12 bits per heavy atom. The van der Waals surface area contributed by atoms with Gasteiger partial charge in [0.2, 0.25) is 0 Å². The molecule has 1 heterocycles. The van der Waals surface area contributed by atoms with Crippen LogP contribution in [0.15, 0.2) is 42.5 Å². The predicted molar refractivity (Wildman–Crippen MR) is 121 cm³/mol. The maximum Gasteiger partial charge on any atom is 0.362 e. The highest BCUT2D eigenvalue weighted by Gasteiger charge is 2.43. The Bertz CT molecular complexity index is 1020. The average Bonchev–Trinajstić information content (AvgIpc) is 3.28. The van der Waals surface area contributed by atoms with Gasteiger partial charge in [-0.2, -0.15) is 0 Å². The van der Waals surface area contributed by atoms with Gasteiger partial charge >= 0.3 is 11.9 Å². The van der Waals surface area contributed by atoms with Crippen molar-refractivity contribution >= 4 is 23.5 Å². The number of hydrogen-bond donors (Lipinski definition) is 1. The predicted octanol–water partition coefficient (Wildman–Crippen LogP) is 3.60. The number of nitrogens with zero attached hydrogens (tertiary/aromatic N) is 1. The van der Waals surface area contributed by atoms with Gasteiger partial charge in [0.25, 0.3) is 5.91 Å². The standard InChI is InChI=1S/C25H29FN2O5/c1-17-13-20(26)14-21(25(31)32-3)23(17)27-24(30)18(2)28(11-7-8-12-28)15-22(29)33-16-19-9-5-4-6-10-19/h4-6,9-10,13-14,18H,7-8,11-12,15-16H2,1-3H3/p+1. The number of hydrogen-bond acceptors (Lipinski definition) is 5. The normalized spacial score (nSPS) is 15.5. The molecule has 1 amide bonds. The lowest BCUT2D eigenvalue weighted by atomic mass is 10.1. The van der Waals surface area contributed by atoms with Gasteiger partial charge < -0.3 is 19.3 Å². The average molecular weight is 458 g/mol. The third kappa shape index (κ3) is 5.76. The number of amides is 1. The zero-order chi connectivity index (χ0) is 24.0. The van der Waals surface area contributed by atoms with E-state index in [0.717, 1.165) is 24.5 Å². The number of benzene rings is 2. The smallest absolute Gasteiger partial charge is 0.362 e. The Labute approximate surface area is 193 Å². The van der Waals surface area contributed by atoms with Crippen molar-refractivity contribution in [1.82, 2.24) is 0 Å². The van der Waals surface area contributed by atoms with Crippen LogP contribution >= 0.6 is 0 Å². The number of carbonyl (C=O) groups excluding carboxylic acids is 3. The molecule has 1 N–H and O–H groups in total. The summed E-state index contributed by atoms with van der Waals surface area (Å²) < 4.78 is 24.4. The van der Waals surface area contributed by atoms with Crippen molar-refractivity contribution in [3.05, 3.63) is 65.0 Å². The highest BCUT2D eigenvalue weighted by atomic mass is 19.1. The molecular weight excluding hydrogens is 427 g/mol. The van der Waals surface area contributed by atoms with Crippen LogP contribution in [0.2, 0.25) is 0 Å². The van der Waals surface area contributed by atoms with Crippen molar-refractivity contribution in [1.29, 1.82) is 0 Å². The van der Waals surface area contributed by atoms with Gasteiger partial charge in [0, 0.05) is 12.8 Å². The quantitative estimate of drug-likeness (QED) is 0.484. The highest BCUT2D eigenvalue weighted by Crippen LogP contribution is 2.28. The van der Waals surface area contributed by atoms with E-state index in [2.05, 4.69) is 5.32 Å². The van der Waals surface area contributed by atoms with E-state index in [1.807, 2.05) is 30.3 Å². The molecule has 176 valence electrons. The van der Waals surface area contributed by atoms with Crippen molar-refractivity contribution < 1.29 is 32.7 Å². The van der Waals surface area contributed by atoms with Crippen LogP contribution < -0.4 is 5.32 Å². The van der Waals surface area contributed by atoms with Gasteiger partial charge in [-0.3, -0.25) is 4.79 Å². The summed E-state index contributed by atoms with van der Waals surface area (Å²) >= 11 is 0. The molecule has 2 aromatic carbocycles. The summed E-state index contributed by atoms with van der Waals surface area (Å²) in [5, 5.41) is 2.78. The van der Waals surface area contributed by atoms with Gasteiger partial charge in [-0.1, -0.05) is 30.3 Å². The van der Waals surface area contributed by atoms with Crippen molar-refractivity contribution in [2.45, 2.75) is 39.3 Å². The number of carbonyl (C=O) groups is 3. The molecule has 0 radical (unpaired) electrons. The maximum atomic E-state index is 13.9. The second kappa shape index (κ2) is 10.6. The number of halogens is 1. The van der Waals surface area contributed by atoms with E-state index in [9.17, 15) is 18.8 Å². The lowest BCUT2D eigenvalue weighted by Crippen LogP contribution is -2.59. The minimum Gasteiger partial charge on any atom is -0.465 e. The van der Waals surface area contributed by atoms with E-state index < -0.39 is 17.8 Å². The summed E-state index contributed by atoms with van der Waals surface area (Å²) in [7, 11) is 1.20. The molecule has 1 saturated heterocycles. The van der Waals surface area contributed by atoms with E-state index in [1.165, 1.54) is 13.2 Å². The fourth-order valence-electron chi connectivity index (χ4n) is 4.34. The summed E-state index contributed by atoms with van der Waals surface area (Å²) in [6, 6.07) is 11.1. The fraction of sp³-hybridized carbons (Fsp3) is 0.400. The minimum atomic E-state index is -0.741. The first-order valence-electron chi connectivity index (χ1n) is 11.0. The SMILES string of the molecule is COC(=O)c1cc(F)cc(C)c1NC(=O)C(C)[N+]1(CC(=O)OCc2ccccc2)CCCC1. The summed E-state index contributed by atoms with van der Waals surface area (Å²) in [6.45, 7) is 4.96. The third-order valence-electron chi connectivity index (χ3n) is 6.30. The highest BCUT2D eigenvalue weighted by molar-refractivity contribution is 6.03. The van der Waals surface area contributed by atoms with Crippen molar-refractivity contribution in [2.24, 2.45) is 0 Å². The molecule has 0 aromatic heterocycles. The van der Waals surface area contributed by atoms with Crippen LogP contribution in [0.1, 0.15) is 41.3 Å². The van der Waals surface area contributed by atoms with E-state index >= 15 is 0 Å². The molecule has 0 saturated carbocycles. The topological polar surface area (TPSA) is 81.7 Å². The van der Waals surface area contributed by atoms with E-state index in [1.54, 1.807) is 13.8 Å². The van der Waals surface area contributed by atoms with E-state index in [-0.39, 0.29) is 40.8 Å². The number of aryl methyl sites for hydroxylation is 1. The van der Waals surface area contributed by atoms with Gasteiger partial charge in [-0.05, 0) is 37.1 Å². The lowest BCUT2D eigenvalue weighted by Gasteiger charge is -2.38. The largest absolute Gasteiger partial charge is 0.465 e. The van der Waals surface area contributed by atoms with Crippen LogP contribution in [0.3, 0.4) is 0 Å². The molecule has 2 aromatic rings. The summed E-state index contributed by atoms with van der Waals surface area (Å²) in [5.41, 5.74) is 1.47. The number of quaternary nitrogens is 1. The first kappa shape index (κ1) is 24.4. The Balaban J connectivity index is 1.74. The Morgan fingerprint density at radius 3 is 2.42 bits per heavy atom. The zero-order valence-corrected chi connectivity index (χ0v) is 19.2. The molecule has 7 nitrogen and oxygen atoms in total. The number of ether oxygens (including phenoxy) is 2. The molecule has 0 bridgehead atoms. The monoisotopic (exact) mass is 457 g/mol. The molecule has 1 unspecified atom stereocenters. The summed E-state index contributed by atoms with van der Waals surface area (Å²) in [4.78, 5) is 38.0. The van der Waals surface area contributed by atoms with Crippen LogP contribution in [0, 0.1) is 12.7 Å². The van der Waals surface area contributed by atoms with Crippen LogP contribution in [-0.4, -0.2) is 55.1 Å². The summed E-state index contributed by atoms with van der Waals surface area (Å²) in [6.07, 6.45) is 1.79. The number of esters is 2. The van der Waals surface area contributed by atoms with Crippen LogP contribution in [0.5, 0.6) is 0 Å². The second-order valence-electron chi connectivity index (χ2n) is 8.48. The van der Waals surface area contributed by atoms with Crippen LogP contribution in [0.4, 0.5) is 10.1 Å². The molecular formula is C25H30FN2O5+. The second-order valence-corrected chi connectivity index (χ2v) is 8.48. The minimum absolute atomic E-state index is 0.0502. The first-order valence-corrected chi connectivity index (χ1v) is 11.0. The third-order valence-corrected chi connectivity index (χ3v) is 6.30. The molecule has 1 atom stereocenters. The van der Waals surface area contributed by atoms with Gasteiger partial charge in [0.05, 0.1) is 31.5 Å². The number of anilines is 1. The Hall–Kier alpha value is -3.26. The van der Waals surface area contributed by atoms with Gasteiger partial charge in [-0.15, -0.1) is 0 Å². The van der Waals surface area contributed by atoms with Gasteiger partial charge in [0.15, 0.2) is 12.6 Å². The van der Waals surface area contributed by atoms with E-state index in [4.69, 9.17) is 9.47 Å². The Kier molecular flexibility index (Phi) is 7.81. The zero-order valence-electron chi connectivity index (χ0n) is 19.2. The number of rotatable bonds is 8. The van der Waals surface area contributed by atoms with E-state index in [0.29, 0.717) is 18.7 Å². The van der Waals surface area contributed by atoms with Gasteiger partial charge in [0.1, 0.15) is 12.4 Å². The number of methoxy groups -OCH3 is 1. The fourth-order valence-corrected chi connectivity index (χ4v) is 4.34. The van der Waals surface area contributed by atoms with Crippen LogP contribution in [0.25, 0.3) is 0 Å². The number of likely N-dealkylation sites (tertiary alicyclic amines) is 1. The van der Waals surface area contributed by atoms with Gasteiger partial charge in [-0.25, -0.2) is 14.0 Å².